The van der Waals surface area contributed by atoms with Crippen molar-refractivity contribution in [2.75, 3.05) is 20.6 Å². The molecule has 1 saturated carbocycles. The Bertz CT molecular complexity index is 103. The molecule has 0 saturated heterocycles. The maximum absolute atomic E-state index is 9.41. The monoisotopic (exact) mass is 143 g/mol. The highest BCUT2D eigenvalue weighted by Crippen LogP contribution is 2.25. The summed E-state index contributed by atoms with van der Waals surface area (Å²) >= 11 is 0. The van der Waals surface area contributed by atoms with Gasteiger partial charge in [0.2, 0.25) is 0 Å². The Morgan fingerprint density at radius 1 is 1.40 bits per heavy atom. The van der Waals surface area contributed by atoms with Crippen molar-refractivity contribution in [3.8, 4) is 0 Å². The normalized spacial score (nSPS) is 33.6. The van der Waals surface area contributed by atoms with E-state index in [4.69, 9.17) is 0 Å². The Balaban J connectivity index is 2.26. The van der Waals surface area contributed by atoms with E-state index in [0.717, 1.165) is 13.0 Å². The Labute approximate surface area is 62.8 Å². The molecule has 0 aromatic rings. The highest BCUT2D eigenvalue weighted by Gasteiger charge is 2.24. The lowest BCUT2D eigenvalue weighted by Gasteiger charge is -2.18. The molecule has 1 rings (SSSR count). The summed E-state index contributed by atoms with van der Waals surface area (Å²) in [5.41, 5.74) is 0. The summed E-state index contributed by atoms with van der Waals surface area (Å²) in [6.45, 7) is 1.04. The topological polar surface area (TPSA) is 23.5 Å². The van der Waals surface area contributed by atoms with E-state index in [1.807, 2.05) is 0 Å². The molecule has 2 heteroatoms. The van der Waals surface area contributed by atoms with Crippen LogP contribution < -0.4 is 0 Å². The van der Waals surface area contributed by atoms with E-state index in [1.165, 1.54) is 12.8 Å². The molecular weight excluding hydrogens is 126 g/mol. The van der Waals surface area contributed by atoms with E-state index in [-0.39, 0.29) is 6.10 Å². The Morgan fingerprint density at radius 3 is 2.50 bits per heavy atom. The van der Waals surface area contributed by atoms with Crippen molar-refractivity contribution >= 4 is 0 Å². The summed E-state index contributed by atoms with van der Waals surface area (Å²) in [4.78, 5) is 2.15. The van der Waals surface area contributed by atoms with Crippen LogP contribution in [0.3, 0.4) is 0 Å². The molecule has 0 radical (unpaired) electrons. The summed E-state index contributed by atoms with van der Waals surface area (Å²) in [5, 5.41) is 9.41. The van der Waals surface area contributed by atoms with Gasteiger partial charge < -0.3 is 10.0 Å². The van der Waals surface area contributed by atoms with Gasteiger partial charge in [0.25, 0.3) is 0 Å². The van der Waals surface area contributed by atoms with Crippen LogP contribution in [0.25, 0.3) is 0 Å². The molecule has 2 atom stereocenters. The summed E-state index contributed by atoms with van der Waals surface area (Å²) in [6.07, 6.45) is 3.40. The fraction of sp³-hybridized carbons (Fsp3) is 1.00. The molecule has 0 heterocycles. The van der Waals surface area contributed by atoms with Crippen LogP contribution in [-0.4, -0.2) is 36.8 Å². The van der Waals surface area contributed by atoms with Crippen LogP contribution in [0.15, 0.2) is 0 Å². The van der Waals surface area contributed by atoms with Gasteiger partial charge in [-0.25, -0.2) is 0 Å². The smallest absolute Gasteiger partial charge is 0.0580 e. The molecular formula is C8H17NO. The number of rotatable bonds is 2. The van der Waals surface area contributed by atoms with Crippen LogP contribution in [0.4, 0.5) is 0 Å². The number of hydrogen-bond acceptors (Lipinski definition) is 2. The zero-order valence-electron chi connectivity index (χ0n) is 6.88. The minimum atomic E-state index is -0.0256. The lowest BCUT2D eigenvalue weighted by Crippen LogP contribution is -2.26. The van der Waals surface area contributed by atoms with E-state index in [9.17, 15) is 5.11 Å². The zero-order valence-corrected chi connectivity index (χ0v) is 6.88. The first-order valence-electron chi connectivity index (χ1n) is 4.03. The second-order valence-electron chi connectivity index (χ2n) is 3.52. The molecule has 2 nitrogen and oxygen atoms in total. The lowest BCUT2D eigenvalue weighted by molar-refractivity contribution is 0.115. The van der Waals surface area contributed by atoms with Gasteiger partial charge in [-0.15, -0.1) is 0 Å². The molecule has 1 N–H and O–H groups in total. The van der Waals surface area contributed by atoms with Crippen molar-refractivity contribution in [2.24, 2.45) is 5.92 Å². The standard InChI is InChI=1S/C8H17NO/c1-9(2)6-7-4-3-5-8(7)10/h7-8,10H,3-6H2,1-2H3. The Kier molecular flexibility index (Phi) is 2.69. The van der Waals surface area contributed by atoms with Crippen molar-refractivity contribution in [2.45, 2.75) is 25.4 Å². The minimum absolute atomic E-state index is 0.0256. The van der Waals surface area contributed by atoms with Crippen molar-refractivity contribution in [3.05, 3.63) is 0 Å². The molecule has 0 aromatic heterocycles. The summed E-state index contributed by atoms with van der Waals surface area (Å²) in [5.74, 6) is 0.537. The van der Waals surface area contributed by atoms with Gasteiger partial charge in [0.05, 0.1) is 6.10 Å². The molecule has 0 spiro atoms. The quantitative estimate of drug-likeness (QED) is 0.615. The predicted octanol–water partition coefficient (Wildman–Crippen LogP) is 0.709. The number of nitrogens with zero attached hydrogens (tertiary/aromatic N) is 1. The average molecular weight is 143 g/mol. The van der Waals surface area contributed by atoms with Crippen LogP contribution in [0.5, 0.6) is 0 Å². The molecule has 1 aliphatic rings. The van der Waals surface area contributed by atoms with Gasteiger partial charge in [-0.3, -0.25) is 0 Å². The van der Waals surface area contributed by atoms with E-state index in [0.29, 0.717) is 5.92 Å². The fourth-order valence-electron chi connectivity index (χ4n) is 1.70. The lowest BCUT2D eigenvalue weighted by atomic mass is 10.1. The van der Waals surface area contributed by atoms with Crippen LogP contribution in [0, 0.1) is 5.92 Å². The first kappa shape index (κ1) is 8.02. The fourth-order valence-corrected chi connectivity index (χ4v) is 1.70. The largest absolute Gasteiger partial charge is 0.393 e. The average Bonchev–Trinajstić information content (AvgIpc) is 2.15. The number of hydrogen-bond donors (Lipinski definition) is 1. The molecule has 2 unspecified atom stereocenters. The number of aliphatic hydroxyl groups excluding tert-OH is 1. The van der Waals surface area contributed by atoms with Gasteiger partial charge in [0, 0.05) is 6.54 Å². The second kappa shape index (κ2) is 3.35. The SMILES string of the molecule is CN(C)CC1CCCC1O. The molecule has 0 amide bonds. The molecule has 1 aliphatic carbocycles. The van der Waals surface area contributed by atoms with Crippen LogP contribution >= 0.6 is 0 Å². The third-order valence-electron chi connectivity index (χ3n) is 2.22. The molecule has 10 heavy (non-hydrogen) atoms. The van der Waals surface area contributed by atoms with Gasteiger partial charge in [0.1, 0.15) is 0 Å². The molecule has 1 fully saturated rings. The second-order valence-corrected chi connectivity index (χ2v) is 3.52. The first-order valence-corrected chi connectivity index (χ1v) is 4.03. The van der Waals surface area contributed by atoms with Crippen LogP contribution in [-0.2, 0) is 0 Å². The van der Waals surface area contributed by atoms with E-state index >= 15 is 0 Å². The maximum Gasteiger partial charge on any atom is 0.0580 e. The highest BCUT2D eigenvalue weighted by atomic mass is 16.3. The highest BCUT2D eigenvalue weighted by molar-refractivity contribution is 4.77. The summed E-state index contributed by atoms with van der Waals surface area (Å²) in [7, 11) is 4.12. The molecule has 0 aromatic carbocycles. The predicted molar refractivity (Wildman–Crippen MR) is 41.9 cm³/mol. The third-order valence-corrected chi connectivity index (χ3v) is 2.22. The minimum Gasteiger partial charge on any atom is -0.393 e. The first-order chi connectivity index (χ1) is 4.70. The maximum atomic E-state index is 9.41. The zero-order chi connectivity index (χ0) is 7.56. The van der Waals surface area contributed by atoms with Gasteiger partial charge >= 0.3 is 0 Å². The molecule has 0 bridgehead atoms. The van der Waals surface area contributed by atoms with Gasteiger partial charge in [-0.2, -0.15) is 0 Å². The Morgan fingerprint density at radius 2 is 2.10 bits per heavy atom. The van der Waals surface area contributed by atoms with Crippen LogP contribution in [0.1, 0.15) is 19.3 Å². The van der Waals surface area contributed by atoms with Crippen LogP contribution in [0.2, 0.25) is 0 Å². The number of aliphatic hydroxyl groups is 1. The van der Waals surface area contributed by atoms with Gasteiger partial charge in [-0.05, 0) is 32.9 Å². The van der Waals surface area contributed by atoms with E-state index in [1.54, 1.807) is 0 Å². The summed E-state index contributed by atoms with van der Waals surface area (Å²) in [6, 6.07) is 0. The van der Waals surface area contributed by atoms with Crippen molar-refractivity contribution in [1.29, 1.82) is 0 Å². The van der Waals surface area contributed by atoms with Crippen molar-refractivity contribution < 1.29 is 5.11 Å². The summed E-state index contributed by atoms with van der Waals surface area (Å²) < 4.78 is 0. The van der Waals surface area contributed by atoms with E-state index < -0.39 is 0 Å². The Hall–Kier alpha value is -0.0800. The third kappa shape index (κ3) is 1.96. The van der Waals surface area contributed by atoms with Crippen molar-refractivity contribution in [1.82, 2.24) is 4.90 Å². The molecule has 0 aliphatic heterocycles. The molecule has 60 valence electrons. The van der Waals surface area contributed by atoms with Gasteiger partial charge in [-0.1, -0.05) is 6.42 Å². The van der Waals surface area contributed by atoms with Crippen molar-refractivity contribution in [3.63, 3.8) is 0 Å². The van der Waals surface area contributed by atoms with E-state index in [2.05, 4.69) is 19.0 Å². The van der Waals surface area contributed by atoms with Gasteiger partial charge in [0.15, 0.2) is 0 Å².